The van der Waals surface area contributed by atoms with Gasteiger partial charge in [-0.15, -0.1) is 0 Å². The maximum atomic E-state index is 13.0. The fourth-order valence-corrected chi connectivity index (χ4v) is 4.16. The molecule has 1 aromatic carbocycles. The molecule has 0 radical (unpaired) electrons. The lowest BCUT2D eigenvalue weighted by molar-refractivity contribution is -0.137. The van der Waals surface area contributed by atoms with E-state index in [0.29, 0.717) is 30.7 Å². The standard InChI is InChI=1S/C26H35N3O6/c27-12-11-22-10-6-3-1-2-5-9-20(28-34-18-24(32)29-13-7-4-8-14-29)15-19-16-21(30)17-23(31)25(19)26(33)35-22/h3,5-6,9,16-17,22,30-31H,1-2,4,7-8,10-15,18,27H2/b6-3+,9-5+,28-20?. The molecule has 0 bridgehead atoms. The first kappa shape index (κ1) is 26.3. The first-order valence-corrected chi connectivity index (χ1v) is 12.2. The van der Waals surface area contributed by atoms with Crippen molar-refractivity contribution < 1.29 is 29.4 Å². The van der Waals surface area contributed by atoms with Crippen LogP contribution in [0.1, 0.15) is 60.9 Å². The Morgan fingerprint density at radius 3 is 2.69 bits per heavy atom. The number of hydrogen-bond acceptors (Lipinski definition) is 8. The number of amides is 1. The van der Waals surface area contributed by atoms with Gasteiger partial charge in [-0.25, -0.2) is 4.79 Å². The van der Waals surface area contributed by atoms with Crippen molar-refractivity contribution in [1.29, 1.82) is 0 Å². The monoisotopic (exact) mass is 485 g/mol. The van der Waals surface area contributed by atoms with Gasteiger partial charge in [0.05, 0.1) is 5.71 Å². The fraction of sp³-hybridized carbons (Fsp3) is 0.500. The van der Waals surface area contributed by atoms with E-state index < -0.39 is 12.1 Å². The van der Waals surface area contributed by atoms with Crippen molar-refractivity contribution in [3.8, 4) is 11.5 Å². The summed E-state index contributed by atoms with van der Waals surface area (Å²) in [5, 5.41) is 24.7. The number of ether oxygens (including phenoxy) is 1. The van der Waals surface area contributed by atoms with Crippen molar-refractivity contribution in [2.45, 2.75) is 57.5 Å². The number of likely N-dealkylation sites (tertiary alicyclic amines) is 1. The highest BCUT2D eigenvalue weighted by atomic mass is 16.6. The molecule has 4 N–H and O–H groups in total. The van der Waals surface area contributed by atoms with E-state index in [0.717, 1.165) is 51.3 Å². The lowest BCUT2D eigenvalue weighted by atomic mass is 9.99. The number of allylic oxidation sites excluding steroid dienone is 3. The van der Waals surface area contributed by atoms with Crippen LogP contribution in [0.2, 0.25) is 0 Å². The molecular formula is C26H35N3O6. The zero-order valence-corrected chi connectivity index (χ0v) is 20.0. The van der Waals surface area contributed by atoms with Crippen molar-refractivity contribution in [3.63, 3.8) is 0 Å². The molecule has 0 saturated carbocycles. The lowest BCUT2D eigenvalue weighted by Gasteiger charge is -2.26. The van der Waals surface area contributed by atoms with E-state index >= 15 is 0 Å². The molecule has 3 rings (SSSR count). The predicted molar refractivity (Wildman–Crippen MR) is 132 cm³/mol. The number of piperidine rings is 1. The molecular weight excluding hydrogens is 450 g/mol. The number of carbonyl (C=O) groups excluding carboxylic acids is 2. The van der Waals surface area contributed by atoms with Crippen molar-refractivity contribution in [3.05, 3.63) is 47.6 Å². The number of benzene rings is 1. The summed E-state index contributed by atoms with van der Waals surface area (Å²) in [4.78, 5) is 32.6. The van der Waals surface area contributed by atoms with Gasteiger partial charge in [0.15, 0.2) is 6.61 Å². The molecule has 9 nitrogen and oxygen atoms in total. The van der Waals surface area contributed by atoms with Crippen LogP contribution in [0.5, 0.6) is 11.5 Å². The molecule has 2 aliphatic rings. The van der Waals surface area contributed by atoms with Gasteiger partial charge in [0.1, 0.15) is 23.2 Å². The first-order valence-electron chi connectivity index (χ1n) is 12.2. The highest BCUT2D eigenvalue weighted by molar-refractivity contribution is 6.00. The Bertz CT molecular complexity index is 966. The van der Waals surface area contributed by atoms with E-state index in [-0.39, 0.29) is 36.0 Å². The third-order valence-corrected chi connectivity index (χ3v) is 5.98. The number of esters is 1. The molecule has 1 aromatic rings. The number of hydrogen-bond donors (Lipinski definition) is 3. The van der Waals surface area contributed by atoms with Gasteiger partial charge in [-0.05, 0) is 62.8 Å². The molecule has 0 aliphatic carbocycles. The highest BCUT2D eigenvalue weighted by Crippen LogP contribution is 2.29. The number of fused-ring (bicyclic) bond motifs is 1. The second-order valence-electron chi connectivity index (χ2n) is 8.76. The van der Waals surface area contributed by atoms with Crippen LogP contribution in [0.3, 0.4) is 0 Å². The van der Waals surface area contributed by atoms with Crippen molar-refractivity contribution in [2.24, 2.45) is 10.9 Å². The van der Waals surface area contributed by atoms with Crippen LogP contribution in [0.25, 0.3) is 0 Å². The summed E-state index contributed by atoms with van der Waals surface area (Å²) in [5.74, 6) is -1.40. The Labute approximate surface area is 205 Å². The van der Waals surface area contributed by atoms with Crippen molar-refractivity contribution >= 4 is 17.6 Å². The van der Waals surface area contributed by atoms with E-state index in [1.165, 1.54) is 6.07 Å². The van der Waals surface area contributed by atoms with Gasteiger partial charge in [0, 0.05) is 32.0 Å². The van der Waals surface area contributed by atoms with Crippen LogP contribution < -0.4 is 5.73 Å². The molecule has 2 aliphatic heterocycles. The smallest absolute Gasteiger partial charge is 0.342 e. The largest absolute Gasteiger partial charge is 0.508 e. The molecule has 1 unspecified atom stereocenters. The van der Waals surface area contributed by atoms with E-state index in [1.54, 1.807) is 11.0 Å². The molecule has 35 heavy (non-hydrogen) atoms. The molecule has 0 aromatic heterocycles. The van der Waals surface area contributed by atoms with Gasteiger partial charge >= 0.3 is 5.97 Å². The maximum Gasteiger partial charge on any atom is 0.342 e. The summed E-state index contributed by atoms with van der Waals surface area (Å²) in [6.07, 6.45) is 13.0. The molecule has 9 heteroatoms. The number of phenols is 2. The average molecular weight is 486 g/mol. The first-order chi connectivity index (χ1) is 17.0. The zero-order chi connectivity index (χ0) is 25.0. The Morgan fingerprint density at radius 1 is 1.14 bits per heavy atom. The van der Waals surface area contributed by atoms with Crippen LogP contribution in [0.4, 0.5) is 0 Å². The summed E-state index contributed by atoms with van der Waals surface area (Å²) in [5.41, 5.74) is 6.41. The van der Waals surface area contributed by atoms with Gasteiger partial charge in [-0.3, -0.25) is 4.79 Å². The third-order valence-electron chi connectivity index (χ3n) is 5.98. The van der Waals surface area contributed by atoms with Crippen LogP contribution in [-0.4, -0.2) is 65.0 Å². The number of aromatic hydroxyl groups is 2. The van der Waals surface area contributed by atoms with E-state index in [4.69, 9.17) is 15.3 Å². The number of cyclic esters (lactones) is 1. The maximum absolute atomic E-state index is 13.0. The number of nitrogens with two attached hydrogens (primary N) is 1. The van der Waals surface area contributed by atoms with Crippen molar-refractivity contribution in [1.82, 2.24) is 4.90 Å². The molecule has 0 spiro atoms. The van der Waals surface area contributed by atoms with E-state index in [2.05, 4.69) is 5.16 Å². The molecule has 1 atom stereocenters. The molecule has 1 fully saturated rings. The fourth-order valence-electron chi connectivity index (χ4n) is 4.16. The SMILES string of the molecule is NCCC1C/C=C/CC/C=C/C(=NOCC(=O)N2CCCCC2)Cc2cc(O)cc(O)c2C(=O)O1. The van der Waals surface area contributed by atoms with Crippen molar-refractivity contribution in [2.75, 3.05) is 26.2 Å². The number of rotatable bonds is 5. The predicted octanol–water partition coefficient (Wildman–Crippen LogP) is 3.20. The number of phenolic OH excluding ortho intramolecular Hbond substituents is 2. The van der Waals surface area contributed by atoms with Gasteiger partial charge in [0.25, 0.3) is 5.91 Å². The van der Waals surface area contributed by atoms with Gasteiger partial charge in [0.2, 0.25) is 0 Å². The number of nitrogens with zero attached hydrogens (tertiary/aromatic N) is 2. The molecule has 2 heterocycles. The minimum absolute atomic E-state index is 0.0450. The van der Waals surface area contributed by atoms with Crippen LogP contribution in [0, 0.1) is 0 Å². The zero-order valence-electron chi connectivity index (χ0n) is 20.0. The lowest BCUT2D eigenvalue weighted by Crippen LogP contribution is -2.37. The topological polar surface area (TPSA) is 135 Å². The normalized spacial score (nSPS) is 22.5. The van der Waals surface area contributed by atoms with Gasteiger partial charge < -0.3 is 30.4 Å². The molecule has 190 valence electrons. The average Bonchev–Trinajstić information content (AvgIpc) is 2.82. The number of oxime groups is 1. The van der Waals surface area contributed by atoms with Crippen LogP contribution >= 0.6 is 0 Å². The van der Waals surface area contributed by atoms with Crippen LogP contribution in [-0.2, 0) is 20.8 Å². The summed E-state index contributed by atoms with van der Waals surface area (Å²) in [6.45, 7) is 1.63. The van der Waals surface area contributed by atoms with E-state index in [1.807, 2.05) is 18.2 Å². The summed E-state index contributed by atoms with van der Waals surface area (Å²) >= 11 is 0. The Balaban J connectivity index is 1.84. The second kappa shape index (κ2) is 13.5. The minimum Gasteiger partial charge on any atom is -0.508 e. The Kier molecular flexibility index (Phi) is 10.2. The minimum atomic E-state index is -0.703. The molecule has 1 saturated heterocycles. The third kappa shape index (κ3) is 8.13. The molecule has 1 amide bonds. The second-order valence-corrected chi connectivity index (χ2v) is 8.76. The summed E-state index contributed by atoms with van der Waals surface area (Å²) in [7, 11) is 0. The quantitative estimate of drug-likeness (QED) is 0.331. The van der Waals surface area contributed by atoms with E-state index in [9.17, 15) is 19.8 Å². The van der Waals surface area contributed by atoms with Crippen LogP contribution in [0.15, 0.2) is 41.6 Å². The van der Waals surface area contributed by atoms with Gasteiger partial charge in [-0.1, -0.05) is 23.4 Å². The number of carbonyl (C=O) groups is 2. The highest BCUT2D eigenvalue weighted by Gasteiger charge is 2.23. The van der Waals surface area contributed by atoms with Gasteiger partial charge in [-0.2, -0.15) is 0 Å². The summed E-state index contributed by atoms with van der Waals surface area (Å²) in [6, 6.07) is 2.49. The summed E-state index contributed by atoms with van der Waals surface area (Å²) < 4.78 is 5.65. The Hall–Kier alpha value is -3.33. The Morgan fingerprint density at radius 2 is 1.91 bits per heavy atom.